The SMILES string of the molecule is COC(=O)CCn1c(C)cc(C(=O)COC(=O)c2ccc(OC)cc2OC)c1C. The van der Waals surface area contributed by atoms with Crippen LogP contribution in [0.2, 0.25) is 0 Å². The topological polar surface area (TPSA) is 93.1 Å². The molecule has 0 N–H and O–H groups in total. The molecule has 8 nitrogen and oxygen atoms in total. The highest BCUT2D eigenvalue weighted by atomic mass is 16.5. The van der Waals surface area contributed by atoms with Gasteiger partial charge in [-0.3, -0.25) is 9.59 Å². The van der Waals surface area contributed by atoms with Gasteiger partial charge in [-0.25, -0.2) is 4.79 Å². The standard InChI is InChI=1S/C21H25NO7/c1-13-10-17(14(2)22(13)9-8-20(24)28-5)18(23)12-29-21(25)16-7-6-15(26-3)11-19(16)27-4/h6-7,10-11H,8-9,12H2,1-5H3. The van der Waals surface area contributed by atoms with Crippen LogP contribution in [0.4, 0.5) is 0 Å². The second-order valence-electron chi connectivity index (χ2n) is 6.33. The van der Waals surface area contributed by atoms with Crippen LogP contribution >= 0.6 is 0 Å². The number of Topliss-reactive ketones (excluding diaryl/α,β-unsaturated/α-hetero) is 1. The molecule has 2 rings (SSSR count). The quantitative estimate of drug-likeness (QED) is 0.469. The Bertz CT molecular complexity index is 914. The fourth-order valence-corrected chi connectivity index (χ4v) is 2.99. The molecule has 29 heavy (non-hydrogen) atoms. The van der Waals surface area contributed by atoms with Crippen molar-refractivity contribution in [3.05, 3.63) is 46.8 Å². The van der Waals surface area contributed by atoms with Gasteiger partial charge in [0, 0.05) is 29.6 Å². The van der Waals surface area contributed by atoms with Gasteiger partial charge in [-0.1, -0.05) is 0 Å². The minimum atomic E-state index is -0.669. The molecule has 0 atom stereocenters. The molecule has 1 heterocycles. The molecule has 0 saturated heterocycles. The van der Waals surface area contributed by atoms with Gasteiger partial charge >= 0.3 is 11.9 Å². The number of hydrogen-bond donors (Lipinski definition) is 0. The van der Waals surface area contributed by atoms with Crippen LogP contribution in [0.25, 0.3) is 0 Å². The van der Waals surface area contributed by atoms with Crippen LogP contribution in [0.3, 0.4) is 0 Å². The third-order valence-electron chi connectivity index (χ3n) is 4.60. The molecule has 0 aliphatic carbocycles. The average molecular weight is 403 g/mol. The predicted molar refractivity (Wildman–Crippen MR) is 105 cm³/mol. The summed E-state index contributed by atoms with van der Waals surface area (Å²) < 4.78 is 22.0. The average Bonchev–Trinajstić information content (AvgIpc) is 3.02. The Kier molecular flexibility index (Phi) is 7.41. The number of carbonyl (C=O) groups is 3. The minimum Gasteiger partial charge on any atom is -0.497 e. The number of methoxy groups -OCH3 is 3. The van der Waals surface area contributed by atoms with Gasteiger partial charge < -0.3 is 23.5 Å². The first-order valence-corrected chi connectivity index (χ1v) is 8.98. The van der Waals surface area contributed by atoms with Gasteiger partial charge in [0.15, 0.2) is 6.61 Å². The molecule has 0 unspecified atom stereocenters. The summed E-state index contributed by atoms with van der Waals surface area (Å²) >= 11 is 0. The van der Waals surface area contributed by atoms with E-state index >= 15 is 0 Å². The van der Waals surface area contributed by atoms with Crippen molar-refractivity contribution in [1.29, 1.82) is 0 Å². The van der Waals surface area contributed by atoms with Crippen LogP contribution in [0.1, 0.15) is 38.5 Å². The van der Waals surface area contributed by atoms with Crippen LogP contribution < -0.4 is 9.47 Å². The van der Waals surface area contributed by atoms with Gasteiger partial charge in [-0.15, -0.1) is 0 Å². The van der Waals surface area contributed by atoms with E-state index in [1.54, 1.807) is 25.1 Å². The number of carbonyl (C=O) groups excluding carboxylic acids is 3. The predicted octanol–water partition coefficient (Wildman–Crippen LogP) is 2.72. The summed E-state index contributed by atoms with van der Waals surface area (Å²) in [4.78, 5) is 36.3. The summed E-state index contributed by atoms with van der Waals surface area (Å²) in [7, 11) is 4.27. The molecular weight excluding hydrogens is 378 g/mol. The largest absolute Gasteiger partial charge is 0.497 e. The number of rotatable bonds is 9. The van der Waals surface area contributed by atoms with Crippen molar-refractivity contribution in [3.63, 3.8) is 0 Å². The lowest BCUT2D eigenvalue weighted by molar-refractivity contribution is -0.140. The van der Waals surface area contributed by atoms with Crippen LogP contribution in [-0.4, -0.2) is 50.2 Å². The summed E-state index contributed by atoms with van der Waals surface area (Å²) in [6, 6.07) is 6.41. The van der Waals surface area contributed by atoms with Crippen molar-refractivity contribution >= 4 is 17.7 Å². The summed E-state index contributed by atoms with van der Waals surface area (Å²) in [5, 5.41) is 0. The molecule has 0 aliphatic rings. The number of aromatic nitrogens is 1. The van der Waals surface area contributed by atoms with Gasteiger partial charge in [0.1, 0.15) is 17.1 Å². The van der Waals surface area contributed by atoms with Crippen LogP contribution in [0.5, 0.6) is 11.5 Å². The molecule has 1 aromatic carbocycles. The third kappa shape index (κ3) is 5.16. The lowest BCUT2D eigenvalue weighted by Crippen LogP contribution is -2.16. The number of aryl methyl sites for hydroxylation is 1. The molecule has 0 fully saturated rings. The Morgan fingerprint density at radius 3 is 2.31 bits per heavy atom. The Morgan fingerprint density at radius 1 is 0.966 bits per heavy atom. The van der Waals surface area contributed by atoms with Crippen molar-refractivity contribution in [2.24, 2.45) is 0 Å². The first-order chi connectivity index (χ1) is 13.8. The molecule has 8 heteroatoms. The number of benzene rings is 1. The van der Waals surface area contributed by atoms with E-state index in [0.29, 0.717) is 29.3 Å². The van der Waals surface area contributed by atoms with Crippen LogP contribution in [-0.2, 0) is 20.8 Å². The summed E-state index contributed by atoms with van der Waals surface area (Å²) in [5.41, 5.74) is 2.18. The summed E-state index contributed by atoms with van der Waals surface area (Å²) in [6.07, 6.45) is 0.201. The molecule has 0 radical (unpaired) electrons. The fraction of sp³-hybridized carbons (Fsp3) is 0.381. The van der Waals surface area contributed by atoms with Gasteiger partial charge in [-0.05, 0) is 32.0 Å². The number of ketones is 1. The molecular formula is C21H25NO7. The number of hydrogen-bond acceptors (Lipinski definition) is 7. The van der Waals surface area contributed by atoms with Crippen LogP contribution in [0, 0.1) is 13.8 Å². The number of esters is 2. The second kappa shape index (κ2) is 9.77. The first kappa shape index (κ1) is 22.0. The van der Waals surface area contributed by atoms with E-state index in [2.05, 4.69) is 4.74 Å². The maximum absolute atomic E-state index is 12.6. The maximum Gasteiger partial charge on any atom is 0.342 e. The third-order valence-corrected chi connectivity index (χ3v) is 4.60. The van der Waals surface area contributed by atoms with E-state index in [4.69, 9.17) is 14.2 Å². The monoisotopic (exact) mass is 403 g/mol. The summed E-state index contributed by atoms with van der Waals surface area (Å²) in [5.74, 6) is -0.495. The van der Waals surface area contributed by atoms with Gasteiger partial charge in [0.2, 0.25) is 5.78 Å². The zero-order valence-electron chi connectivity index (χ0n) is 17.2. The van der Waals surface area contributed by atoms with Crippen LogP contribution in [0.15, 0.2) is 24.3 Å². The Labute approximate surface area is 169 Å². The Balaban J connectivity index is 2.08. The second-order valence-corrected chi connectivity index (χ2v) is 6.33. The fourth-order valence-electron chi connectivity index (χ4n) is 2.99. The van der Waals surface area contributed by atoms with Crippen molar-refractivity contribution in [1.82, 2.24) is 4.57 Å². The van der Waals surface area contributed by atoms with Crippen molar-refractivity contribution in [2.75, 3.05) is 27.9 Å². The zero-order chi connectivity index (χ0) is 21.6. The van der Waals surface area contributed by atoms with Gasteiger partial charge in [0.05, 0.1) is 27.8 Å². The summed E-state index contributed by atoms with van der Waals surface area (Å²) in [6.45, 7) is 3.62. The lowest BCUT2D eigenvalue weighted by atomic mass is 10.1. The van der Waals surface area contributed by atoms with Gasteiger partial charge in [-0.2, -0.15) is 0 Å². The van der Waals surface area contributed by atoms with E-state index in [1.807, 2.05) is 11.5 Å². The molecule has 0 aliphatic heterocycles. The molecule has 0 spiro atoms. The molecule has 156 valence electrons. The first-order valence-electron chi connectivity index (χ1n) is 8.98. The van der Waals surface area contributed by atoms with Crippen molar-refractivity contribution in [2.45, 2.75) is 26.8 Å². The molecule has 1 aromatic heterocycles. The molecule has 2 aromatic rings. The number of nitrogens with zero attached hydrogens (tertiary/aromatic N) is 1. The van der Waals surface area contributed by atoms with Crippen molar-refractivity contribution in [3.8, 4) is 11.5 Å². The van der Waals surface area contributed by atoms with E-state index in [-0.39, 0.29) is 23.7 Å². The molecule has 0 saturated carbocycles. The van der Waals surface area contributed by atoms with E-state index in [1.165, 1.54) is 27.4 Å². The van der Waals surface area contributed by atoms with E-state index in [9.17, 15) is 14.4 Å². The van der Waals surface area contributed by atoms with E-state index < -0.39 is 12.6 Å². The highest BCUT2D eigenvalue weighted by Crippen LogP contribution is 2.25. The minimum absolute atomic E-state index is 0.199. The van der Waals surface area contributed by atoms with Crippen molar-refractivity contribution < 1.29 is 33.3 Å². The molecule has 0 bridgehead atoms. The normalized spacial score (nSPS) is 10.4. The lowest BCUT2D eigenvalue weighted by Gasteiger charge is -2.10. The molecule has 0 amide bonds. The number of ether oxygens (including phenoxy) is 4. The Hall–Kier alpha value is -3.29. The zero-order valence-corrected chi connectivity index (χ0v) is 17.2. The van der Waals surface area contributed by atoms with E-state index in [0.717, 1.165) is 5.69 Å². The highest BCUT2D eigenvalue weighted by Gasteiger charge is 2.20. The van der Waals surface area contributed by atoms with Gasteiger partial charge in [0.25, 0.3) is 0 Å². The smallest absolute Gasteiger partial charge is 0.342 e. The maximum atomic E-state index is 12.6. The Morgan fingerprint density at radius 2 is 1.69 bits per heavy atom. The highest BCUT2D eigenvalue weighted by molar-refractivity contribution is 6.01.